The molecule has 1 N–H and O–H groups in total. The van der Waals surface area contributed by atoms with Crippen LogP contribution in [0.2, 0.25) is 0 Å². The number of likely N-dealkylation sites (tertiary alicyclic amines) is 1. The maximum absolute atomic E-state index is 14.6. The van der Waals surface area contributed by atoms with E-state index in [9.17, 15) is 19.1 Å². The second-order valence-corrected chi connectivity index (χ2v) is 9.95. The average molecular weight is 497 g/mol. The molecule has 0 saturated carbocycles. The standard InChI is InChI=1S/C27H29FN2O4S/c1-34-19-8-9-24-21(15-19)26(23(28)16-29-24)25(31)10-7-18-11-12-30(17-22(18)27(32)33)13-14-35-20-5-3-2-4-6-20/h2-6,8-9,15-16,18,22H,7,10-14,17H2,1H3,(H,32,33). The number of fused-ring (bicyclic) bond motifs is 1. The molecule has 1 aromatic heterocycles. The molecule has 3 aromatic rings. The van der Waals surface area contributed by atoms with Crippen LogP contribution in [0.3, 0.4) is 0 Å². The second kappa shape index (κ2) is 11.6. The van der Waals surface area contributed by atoms with E-state index in [1.165, 1.54) is 12.0 Å². The van der Waals surface area contributed by atoms with Crippen LogP contribution in [0, 0.1) is 17.7 Å². The summed E-state index contributed by atoms with van der Waals surface area (Å²) in [5, 5.41) is 10.3. The minimum Gasteiger partial charge on any atom is -0.497 e. The highest BCUT2D eigenvalue weighted by Crippen LogP contribution is 2.31. The van der Waals surface area contributed by atoms with Gasteiger partial charge in [-0.25, -0.2) is 4.39 Å². The van der Waals surface area contributed by atoms with Gasteiger partial charge in [0.15, 0.2) is 11.6 Å². The number of carbonyl (C=O) groups excluding carboxylic acids is 1. The van der Waals surface area contributed by atoms with Crippen molar-refractivity contribution in [3.63, 3.8) is 0 Å². The number of pyridine rings is 1. The fourth-order valence-corrected chi connectivity index (χ4v) is 5.64. The van der Waals surface area contributed by atoms with E-state index in [-0.39, 0.29) is 23.7 Å². The topological polar surface area (TPSA) is 79.7 Å². The fourth-order valence-electron chi connectivity index (χ4n) is 4.71. The predicted molar refractivity (Wildman–Crippen MR) is 135 cm³/mol. The minimum atomic E-state index is -0.840. The summed E-state index contributed by atoms with van der Waals surface area (Å²) in [7, 11) is 1.51. The number of aromatic nitrogens is 1. The number of benzene rings is 2. The Morgan fingerprint density at radius 2 is 2.03 bits per heavy atom. The molecule has 2 aromatic carbocycles. The van der Waals surface area contributed by atoms with Crippen LogP contribution in [0.1, 0.15) is 29.6 Å². The molecule has 0 spiro atoms. The number of nitrogens with zero attached hydrogens (tertiary/aromatic N) is 2. The number of carboxylic acid groups (broad SMARTS) is 1. The molecule has 1 aliphatic rings. The highest BCUT2D eigenvalue weighted by molar-refractivity contribution is 7.99. The number of Topliss-reactive ketones (excluding diaryl/α,β-unsaturated/α-hetero) is 1. The molecule has 0 aliphatic carbocycles. The zero-order valence-electron chi connectivity index (χ0n) is 19.7. The number of piperidine rings is 1. The van der Waals surface area contributed by atoms with E-state index in [1.807, 2.05) is 18.2 Å². The molecule has 35 heavy (non-hydrogen) atoms. The summed E-state index contributed by atoms with van der Waals surface area (Å²) in [5.41, 5.74) is 0.511. The molecule has 0 amide bonds. The van der Waals surface area contributed by atoms with Gasteiger partial charge in [-0.1, -0.05) is 18.2 Å². The van der Waals surface area contributed by atoms with Gasteiger partial charge in [-0.05, 0) is 55.6 Å². The van der Waals surface area contributed by atoms with E-state index in [4.69, 9.17) is 4.74 Å². The number of thioether (sulfide) groups is 1. The zero-order valence-corrected chi connectivity index (χ0v) is 20.5. The summed E-state index contributed by atoms with van der Waals surface area (Å²) in [6.45, 7) is 2.07. The van der Waals surface area contributed by atoms with Gasteiger partial charge in [-0.15, -0.1) is 11.8 Å². The number of carboxylic acids is 1. The Morgan fingerprint density at radius 1 is 1.23 bits per heavy atom. The largest absolute Gasteiger partial charge is 0.497 e. The van der Waals surface area contributed by atoms with Crippen LogP contribution in [-0.2, 0) is 4.79 Å². The molecule has 2 atom stereocenters. The van der Waals surface area contributed by atoms with Crippen molar-refractivity contribution in [1.82, 2.24) is 9.88 Å². The highest BCUT2D eigenvalue weighted by atomic mass is 32.2. The number of rotatable bonds is 10. The van der Waals surface area contributed by atoms with Gasteiger partial charge in [-0.3, -0.25) is 14.6 Å². The van der Waals surface area contributed by atoms with E-state index in [2.05, 4.69) is 22.0 Å². The molecule has 1 fully saturated rings. The van der Waals surface area contributed by atoms with Crippen LogP contribution in [-0.4, -0.2) is 59.2 Å². The van der Waals surface area contributed by atoms with Crippen molar-refractivity contribution in [2.75, 3.05) is 32.5 Å². The Bertz CT molecular complexity index is 1190. The van der Waals surface area contributed by atoms with Crippen LogP contribution in [0.4, 0.5) is 4.39 Å². The Labute approximate surface area is 208 Å². The molecule has 0 radical (unpaired) electrons. The van der Waals surface area contributed by atoms with Gasteiger partial charge in [0, 0.05) is 35.5 Å². The summed E-state index contributed by atoms with van der Waals surface area (Å²) in [5.74, 6) is -1.11. The number of carbonyl (C=O) groups is 2. The van der Waals surface area contributed by atoms with E-state index in [1.54, 1.807) is 30.0 Å². The normalized spacial score (nSPS) is 18.5. The molecule has 4 rings (SSSR count). The first kappa shape index (κ1) is 25.1. The van der Waals surface area contributed by atoms with E-state index >= 15 is 0 Å². The van der Waals surface area contributed by atoms with Gasteiger partial charge in [0.05, 0.1) is 30.3 Å². The summed E-state index contributed by atoms with van der Waals surface area (Å²) in [4.78, 5) is 32.5. The third-order valence-electron chi connectivity index (χ3n) is 6.63. The summed E-state index contributed by atoms with van der Waals surface area (Å²) in [6.07, 6.45) is 2.27. The van der Waals surface area contributed by atoms with Crippen LogP contribution in [0.25, 0.3) is 10.9 Å². The summed E-state index contributed by atoms with van der Waals surface area (Å²) >= 11 is 1.76. The summed E-state index contributed by atoms with van der Waals surface area (Å²) < 4.78 is 19.9. The lowest BCUT2D eigenvalue weighted by Crippen LogP contribution is -2.44. The molecule has 2 heterocycles. The lowest BCUT2D eigenvalue weighted by molar-refractivity contribution is -0.146. The molecule has 8 heteroatoms. The molecule has 1 saturated heterocycles. The molecular weight excluding hydrogens is 467 g/mol. The second-order valence-electron chi connectivity index (χ2n) is 8.78. The van der Waals surface area contributed by atoms with Gasteiger partial charge < -0.3 is 14.7 Å². The van der Waals surface area contributed by atoms with Crippen LogP contribution >= 0.6 is 11.8 Å². The van der Waals surface area contributed by atoms with Gasteiger partial charge in [0.25, 0.3) is 0 Å². The van der Waals surface area contributed by atoms with Crippen molar-refractivity contribution in [2.24, 2.45) is 11.8 Å². The number of halogens is 1. The van der Waals surface area contributed by atoms with Gasteiger partial charge in [0.1, 0.15) is 5.75 Å². The summed E-state index contributed by atoms with van der Waals surface area (Å²) in [6, 6.07) is 15.2. The predicted octanol–water partition coefficient (Wildman–Crippen LogP) is 5.16. The number of aliphatic carboxylic acids is 1. The fraction of sp³-hybridized carbons (Fsp3) is 0.370. The molecule has 1 aliphatic heterocycles. The monoisotopic (exact) mass is 496 g/mol. The highest BCUT2D eigenvalue weighted by Gasteiger charge is 2.34. The van der Waals surface area contributed by atoms with Gasteiger partial charge in [-0.2, -0.15) is 0 Å². The van der Waals surface area contributed by atoms with Crippen LogP contribution in [0.15, 0.2) is 59.6 Å². The van der Waals surface area contributed by atoms with Crippen molar-refractivity contribution in [1.29, 1.82) is 0 Å². The van der Waals surface area contributed by atoms with Crippen LogP contribution in [0.5, 0.6) is 5.75 Å². The van der Waals surface area contributed by atoms with Crippen molar-refractivity contribution in [3.8, 4) is 5.75 Å². The molecule has 0 bridgehead atoms. The number of ether oxygens (including phenoxy) is 1. The Morgan fingerprint density at radius 3 is 2.77 bits per heavy atom. The van der Waals surface area contributed by atoms with Crippen molar-refractivity contribution in [3.05, 3.63) is 66.1 Å². The molecule has 6 nitrogen and oxygen atoms in total. The maximum Gasteiger partial charge on any atom is 0.308 e. The first-order chi connectivity index (χ1) is 17.0. The van der Waals surface area contributed by atoms with Gasteiger partial charge in [0.2, 0.25) is 0 Å². The molecular formula is C27H29FN2O4S. The maximum atomic E-state index is 14.6. The van der Waals surface area contributed by atoms with Gasteiger partial charge >= 0.3 is 5.97 Å². The van der Waals surface area contributed by atoms with Crippen molar-refractivity contribution >= 4 is 34.4 Å². The number of methoxy groups -OCH3 is 1. The third kappa shape index (κ3) is 6.18. The zero-order chi connectivity index (χ0) is 24.8. The number of ketones is 1. The van der Waals surface area contributed by atoms with Crippen molar-refractivity contribution in [2.45, 2.75) is 24.2 Å². The van der Waals surface area contributed by atoms with E-state index in [0.717, 1.165) is 25.0 Å². The molecule has 2 unspecified atom stereocenters. The lowest BCUT2D eigenvalue weighted by Gasteiger charge is -2.36. The SMILES string of the molecule is COc1ccc2ncc(F)c(C(=O)CCC3CCN(CCSc4ccccc4)CC3C(=O)O)c2c1. The molecule has 184 valence electrons. The number of hydrogen-bond donors (Lipinski definition) is 1. The Kier molecular flexibility index (Phi) is 8.36. The lowest BCUT2D eigenvalue weighted by atomic mass is 9.81. The third-order valence-corrected chi connectivity index (χ3v) is 7.62. The van der Waals surface area contributed by atoms with Crippen molar-refractivity contribution < 1.29 is 23.8 Å². The first-order valence-corrected chi connectivity index (χ1v) is 12.7. The smallest absolute Gasteiger partial charge is 0.308 e. The quantitative estimate of drug-likeness (QED) is 0.307. The number of hydrogen-bond acceptors (Lipinski definition) is 6. The van der Waals surface area contributed by atoms with Crippen LogP contribution < -0.4 is 4.74 Å². The Hall–Kier alpha value is -2.97. The Balaban J connectivity index is 1.37. The minimum absolute atomic E-state index is 0.00357. The first-order valence-electron chi connectivity index (χ1n) is 11.7. The van der Waals surface area contributed by atoms with E-state index < -0.39 is 17.7 Å². The average Bonchev–Trinajstić information content (AvgIpc) is 2.87. The van der Waals surface area contributed by atoms with E-state index in [0.29, 0.717) is 36.0 Å².